The van der Waals surface area contributed by atoms with E-state index in [0.717, 1.165) is 37.3 Å². The van der Waals surface area contributed by atoms with Crippen LogP contribution in [0.15, 0.2) is 47.4 Å². The van der Waals surface area contributed by atoms with Gasteiger partial charge in [0.05, 0.1) is 36.6 Å². The molecule has 2 aromatic carbocycles. The van der Waals surface area contributed by atoms with Crippen LogP contribution in [0.1, 0.15) is 12.8 Å². The van der Waals surface area contributed by atoms with Crippen LogP contribution < -0.4 is 20.3 Å². The summed E-state index contributed by atoms with van der Waals surface area (Å²) < 4.78 is 38.4. The first-order valence-corrected chi connectivity index (χ1v) is 12.5. The summed E-state index contributed by atoms with van der Waals surface area (Å²) in [4.78, 5) is 2.50. The van der Waals surface area contributed by atoms with Crippen molar-refractivity contribution in [3.05, 3.63) is 42.5 Å². The zero-order valence-corrected chi connectivity index (χ0v) is 19.7. The molecule has 32 heavy (non-hydrogen) atoms. The van der Waals surface area contributed by atoms with Crippen LogP contribution in [-0.2, 0) is 14.8 Å². The van der Waals surface area contributed by atoms with Gasteiger partial charge in [0.2, 0.25) is 10.0 Å². The van der Waals surface area contributed by atoms with E-state index in [1.807, 2.05) is 30.3 Å². The van der Waals surface area contributed by atoms with E-state index in [0.29, 0.717) is 42.9 Å². The molecule has 2 saturated heterocycles. The summed E-state index contributed by atoms with van der Waals surface area (Å²) in [5.41, 5.74) is 2.39. The lowest BCUT2D eigenvalue weighted by atomic mass is 10.2. The largest absolute Gasteiger partial charge is 0.497 e. The standard InChI is InChI=1S/C22H28N4O4S2/c1-29-18-6-4-5-17(15-18)23-22(31)24-20-16-19(7-8-21(20)25-9-2-3-10-25)32(27,28)26-11-13-30-14-12-26/h4-8,15-16H,2-3,9-14H2,1H3,(H2,23,24,31). The van der Waals surface area contributed by atoms with E-state index in [-0.39, 0.29) is 4.90 Å². The fourth-order valence-corrected chi connectivity index (χ4v) is 5.59. The molecule has 0 unspecified atom stereocenters. The van der Waals surface area contributed by atoms with Gasteiger partial charge >= 0.3 is 0 Å². The third-order valence-corrected chi connectivity index (χ3v) is 7.70. The molecule has 0 aromatic heterocycles. The first-order valence-electron chi connectivity index (χ1n) is 10.7. The van der Waals surface area contributed by atoms with E-state index >= 15 is 0 Å². The lowest BCUT2D eigenvalue weighted by Crippen LogP contribution is -2.40. The van der Waals surface area contributed by atoms with E-state index in [1.165, 1.54) is 4.31 Å². The van der Waals surface area contributed by atoms with Gasteiger partial charge in [0.1, 0.15) is 5.75 Å². The van der Waals surface area contributed by atoms with Crippen molar-refractivity contribution in [1.29, 1.82) is 0 Å². The molecule has 0 saturated carbocycles. The number of ether oxygens (including phenoxy) is 2. The van der Waals surface area contributed by atoms with Crippen LogP contribution in [0, 0.1) is 0 Å². The molecule has 2 aliphatic rings. The zero-order valence-electron chi connectivity index (χ0n) is 18.0. The predicted molar refractivity (Wildman–Crippen MR) is 130 cm³/mol. The molecular weight excluding hydrogens is 448 g/mol. The van der Waals surface area contributed by atoms with Crippen molar-refractivity contribution in [2.45, 2.75) is 17.7 Å². The Labute approximate surface area is 194 Å². The average Bonchev–Trinajstić information content (AvgIpc) is 3.34. The Morgan fingerprint density at radius 2 is 1.78 bits per heavy atom. The molecule has 0 aliphatic carbocycles. The van der Waals surface area contributed by atoms with Crippen molar-refractivity contribution in [1.82, 2.24) is 4.31 Å². The number of morpholine rings is 1. The Morgan fingerprint density at radius 3 is 2.50 bits per heavy atom. The third-order valence-electron chi connectivity index (χ3n) is 5.60. The summed E-state index contributed by atoms with van der Waals surface area (Å²) in [5, 5.41) is 6.74. The predicted octanol–water partition coefficient (Wildman–Crippen LogP) is 3.13. The Hall–Kier alpha value is -2.40. The van der Waals surface area contributed by atoms with Gasteiger partial charge in [0, 0.05) is 37.9 Å². The smallest absolute Gasteiger partial charge is 0.243 e. The van der Waals surface area contributed by atoms with E-state index in [4.69, 9.17) is 21.7 Å². The zero-order chi connectivity index (χ0) is 22.6. The highest BCUT2D eigenvalue weighted by atomic mass is 32.2. The number of hydrogen-bond donors (Lipinski definition) is 2. The molecule has 0 radical (unpaired) electrons. The number of benzene rings is 2. The summed E-state index contributed by atoms with van der Waals surface area (Å²) in [7, 11) is -2.00. The normalized spacial score (nSPS) is 17.2. The van der Waals surface area contributed by atoms with E-state index in [2.05, 4.69) is 15.5 Å². The second-order valence-electron chi connectivity index (χ2n) is 7.70. The third kappa shape index (κ3) is 5.15. The molecule has 0 atom stereocenters. The molecule has 172 valence electrons. The van der Waals surface area contributed by atoms with Crippen LogP contribution in [0.25, 0.3) is 0 Å². The van der Waals surface area contributed by atoms with Gasteiger partial charge in [-0.3, -0.25) is 0 Å². The number of hydrogen-bond acceptors (Lipinski definition) is 6. The quantitative estimate of drug-likeness (QED) is 0.616. The van der Waals surface area contributed by atoms with Crippen LogP contribution in [-0.4, -0.2) is 64.3 Å². The SMILES string of the molecule is COc1cccc(NC(=S)Nc2cc(S(=O)(=O)N3CCOCC3)ccc2N2CCCC2)c1. The minimum absolute atomic E-state index is 0.244. The molecule has 2 aromatic rings. The highest BCUT2D eigenvalue weighted by Gasteiger charge is 2.28. The highest BCUT2D eigenvalue weighted by molar-refractivity contribution is 7.89. The van der Waals surface area contributed by atoms with Gasteiger partial charge in [-0.1, -0.05) is 6.07 Å². The van der Waals surface area contributed by atoms with Crippen molar-refractivity contribution in [2.75, 3.05) is 62.0 Å². The monoisotopic (exact) mass is 476 g/mol. The van der Waals surface area contributed by atoms with Gasteiger partial charge in [-0.05, 0) is 55.4 Å². The minimum atomic E-state index is -3.61. The van der Waals surface area contributed by atoms with Gasteiger partial charge in [-0.25, -0.2) is 8.42 Å². The van der Waals surface area contributed by atoms with E-state index in [9.17, 15) is 8.42 Å². The lowest BCUT2D eigenvalue weighted by Gasteiger charge is -2.27. The molecule has 0 amide bonds. The first-order chi connectivity index (χ1) is 15.5. The van der Waals surface area contributed by atoms with Gasteiger partial charge in [-0.2, -0.15) is 4.31 Å². The fourth-order valence-electron chi connectivity index (χ4n) is 3.93. The second kappa shape index (κ2) is 10.0. The van der Waals surface area contributed by atoms with E-state index < -0.39 is 10.0 Å². The highest BCUT2D eigenvalue weighted by Crippen LogP contribution is 2.33. The minimum Gasteiger partial charge on any atom is -0.497 e. The molecule has 0 bridgehead atoms. The Morgan fingerprint density at radius 1 is 1.03 bits per heavy atom. The number of methoxy groups -OCH3 is 1. The number of thiocarbonyl (C=S) groups is 1. The Bertz CT molecular complexity index is 1070. The maximum Gasteiger partial charge on any atom is 0.243 e. The van der Waals surface area contributed by atoms with Crippen LogP contribution >= 0.6 is 12.2 Å². The molecule has 10 heteroatoms. The average molecular weight is 477 g/mol. The summed E-state index contributed by atoms with van der Waals surface area (Å²) in [6.45, 7) is 3.39. The molecule has 2 heterocycles. The number of anilines is 3. The lowest BCUT2D eigenvalue weighted by molar-refractivity contribution is 0.0730. The van der Waals surface area contributed by atoms with Gasteiger partial charge in [0.15, 0.2) is 5.11 Å². The molecule has 8 nitrogen and oxygen atoms in total. The fraction of sp³-hybridized carbons (Fsp3) is 0.409. The van der Waals surface area contributed by atoms with Crippen molar-refractivity contribution in [3.63, 3.8) is 0 Å². The van der Waals surface area contributed by atoms with Gasteiger partial charge < -0.3 is 25.0 Å². The van der Waals surface area contributed by atoms with Gasteiger partial charge in [-0.15, -0.1) is 0 Å². The molecule has 2 fully saturated rings. The first kappa shape index (κ1) is 22.8. The van der Waals surface area contributed by atoms with Gasteiger partial charge in [0.25, 0.3) is 0 Å². The maximum atomic E-state index is 13.2. The molecule has 0 spiro atoms. The summed E-state index contributed by atoms with van der Waals surface area (Å²) in [5.74, 6) is 0.717. The summed E-state index contributed by atoms with van der Waals surface area (Å²) in [6, 6.07) is 12.7. The van der Waals surface area contributed by atoms with Crippen molar-refractivity contribution >= 4 is 44.4 Å². The second-order valence-corrected chi connectivity index (χ2v) is 10.0. The Balaban J connectivity index is 1.60. The number of nitrogens with one attached hydrogen (secondary N) is 2. The topological polar surface area (TPSA) is 83.1 Å². The van der Waals surface area contributed by atoms with Crippen molar-refractivity contribution < 1.29 is 17.9 Å². The number of nitrogens with zero attached hydrogens (tertiary/aromatic N) is 2. The molecular formula is C22H28N4O4S2. The Kier molecular flexibility index (Phi) is 7.14. The molecule has 2 aliphatic heterocycles. The molecule has 4 rings (SSSR count). The number of rotatable bonds is 6. The summed E-state index contributed by atoms with van der Waals surface area (Å²) in [6.07, 6.45) is 2.22. The maximum absolute atomic E-state index is 13.2. The van der Waals surface area contributed by atoms with Crippen LogP contribution in [0.3, 0.4) is 0 Å². The van der Waals surface area contributed by atoms with Crippen molar-refractivity contribution in [3.8, 4) is 5.75 Å². The van der Waals surface area contributed by atoms with Crippen LogP contribution in [0.4, 0.5) is 17.1 Å². The van der Waals surface area contributed by atoms with Crippen molar-refractivity contribution in [2.24, 2.45) is 0 Å². The number of sulfonamides is 1. The summed E-state index contributed by atoms with van der Waals surface area (Å²) >= 11 is 5.54. The van der Waals surface area contributed by atoms with Crippen LogP contribution in [0.5, 0.6) is 5.75 Å². The van der Waals surface area contributed by atoms with E-state index in [1.54, 1.807) is 19.2 Å². The van der Waals surface area contributed by atoms with Crippen LogP contribution in [0.2, 0.25) is 0 Å². The molecule has 2 N–H and O–H groups in total.